The Bertz CT molecular complexity index is 716. The molecule has 0 N–H and O–H groups in total. The SMILES string of the molecule is O=[N+]([O-])c1ccc(-n2ccc3ccccc32)nc1. The maximum atomic E-state index is 10.6. The molecular weight excluding hydrogens is 230 g/mol. The number of para-hydroxylation sites is 1. The molecule has 0 amide bonds. The van der Waals surface area contributed by atoms with Crippen LogP contribution in [0.4, 0.5) is 5.69 Å². The van der Waals surface area contributed by atoms with Gasteiger partial charge in [0, 0.05) is 12.3 Å². The lowest BCUT2D eigenvalue weighted by molar-refractivity contribution is -0.385. The molecule has 0 unspecified atom stereocenters. The summed E-state index contributed by atoms with van der Waals surface area (Å²) < 4.78 is 1.90. The summed E-state index contributed by atoms with van der Waals surface area (Å²) >= 11 is 0. The molecule has 18 heavy (non-hydrogen) atoms. The maximum Gasteiger partial charge on any atom is 0.287 e. The average molecular weight is 239 g/mol. The molecule has 5 nitrogen and oxygen atoms in total. The highest BCUT2D eigenvalue weighted by atomic mass is 16.6. The van der Waals surface area contributed by atoms with E-state index in [4.69, 9.17) is 0 Å². The van der Waals surface area contributed by atoms with Crippen LogP contribution in [0.15, 0.2) is 54.9 Å². The van der Waals surface area contributed by atoms with Gasteiger partial charge in [-0.05, 0) is 23.6 Å². The van der Waals surface area contributed by atoms with Crippen LogP contribution >= 0.6 is 0 Å². The quantitative estimate of drug-likeness (QED) is 0.510. The Morgan fingerprint density at radius 3 is 2.67 bits per heavy atom. The van der Waals surface area contributed by atoms with Gasteiger partial charge >= 0.3 is 0 Å². The second kappa shape index (κ2) is 3.96. The number of nitrogens with zero attached hydrogens (tertiary/aromatic N) is 3. The van der Waals surface area contributed by atoms with Crippen molar-refractivity contribution in [2.24, 2.45) is 0 Å². The number of hydrogen-bond donors (Lipinski definition) is 0. The third-order valence-electron chi connectivity index (χ3n) is 2.79. The summed E-state index contributed by atoms with van der Waals surface area (Å²) in [6, 6.07) is 13.0. The second-order valence-electron chi connectivity index (χ2n) is 3.88. The zero-order valence-corrected chi connectivity index (χ0v) is 9.35. The Balaban J connectivity index is 2.12. The normalized spacial score (nSPS) is 10.7. The van der Waals surface area contributed by atoms with E-state index in [2.05, 4.69) is 4.98 Å². The fraction of sp³-hybridized carbons (Fsp3) is 0. The molecule has 3 rings (SSSR count). The van der Waals surface area contributed by atoms with Crippen molar-refractivity contribution in [3.05, 3.63) is 65.0 Å². The van der Waals surface area contributed by atoms with Crippen LogP contribution in [0, 0.1) is 10.1 Å². The van der Waals surface area contributed by atoms with Crippen molar-refractivity contribution in [1.29, 1.82) is 0 Å². The summed E-state index contributed by atoms with van der Waals surface area (Å²) in [6.07, 6.45) is 3.17. The summed E-state index contributed by atoms with van der Waals surface area (Å²) in [7, 11) is 0. The van der Waals surface area contributed by atoms with Crippen molar-refractivity contribution in [1.82, 2.24) is 9.55 Å². The summed E-state index contributed by atoms with van der Waals surface area (Å²) in [6.45, 7) is 0. The molecular formula is C13H9N3O2. The van der Waals surface area contributed by atoms with Crippen LogP contribution in [0.25, 0.3) is 16.7 Å². The summed E-state index contributed by atoms with van der Waals surface area (Å²) in [5.74, 6) is 0.668. The third kappa shape index (κ3) is 1.62. The first-order valence-corrected chi connectivity index (χ1v) is 5.42. The molecule has 0 aliphatic rings. The molecule has 0 radical (unpaired) electrons. The molecule has 0 atom stereocenters. The molecule has 3 aromatic rings. The maximum absolute atomic E-state index is 10.6. The van der Waals surface area contributed by atoms with Crippen molar-refractivity contribution in [2.45, 2.75) is 0 Å². The average Bonchev–Trinajstić information content (AvgIpc) is 2.82. The number of rotatable bonds is 2. The van der Waals surface area contributed by atoms with Gasteiger partial charge in [-0.3, -0.25) is 10.1 Å². The van der Waals surface area contributed by atoms with E-state index in [0.29, 0.717) is 5.82 Å². The topological polar surface area (TPSA) is 61.0 Å². The molecule has 0 aliphatic heterocycles. The Morgan fingerprint density at radius 1 is 1.11 bits per heavy atom. The van der Waals surface area contributed by atoms with Crippen LogP contribution in [-0.2, 0) is 0 Å². The van der Waals surface area contributed by atoms with Crippen molar-refractivity contribution >= 4 is 16.6 Å². The van der Waals surface area contributed by atoms with Gasteiger partial charge in [0.1, 0.15) is 12.0 Å². The van der Waals surface area contributed by atoms with Crippen LogP contribution in [0.1, 0.15) is 0 Å². The lowest BCUT2D eigenvalue weighted by Crippen LogP contribution is -1.96. The molecule has 1 aromatic carbocycles. The highest BCUT2D eigenvalue weighted by Gasteiger charge is 2.07. The molecule has 0 spiro atoms. The first-order valence-electron chi connectivity index (χ1n) is 5.42. The van der Waals surface area contributed by atoms with E-state index in [-0.39, 0.29) is 5.69 Å². The highest BCUT2D eigenvalue weighted by molar-refractivity contribution is 5.81. The minimum atomic E-state index is -0.454. The fourth-order valence-electron chi connectivity index (χ4n) is 1.91. The van der Waals surface area contributed by atoms with Crippen molar-refractivity contribution < 1.29 is 4.92 Å². The van der Waals surface area contributed by atoms with Gasteiger partial charge in [0.05, 0.1) is 10.4 Å². The van der Waals surface area contributed by atoms with E-state index >= 15 is 0 Å². The van der Waals surface area contributed by atoms with Gasteiger partial charge in [0.15, 0.2) is 0 Å². The van der Waals surface area contributed by atoms with Gasteiger partial charge in [-0.25, -0.2) is 4.98 Å². The number of benzene rings is 1. The number of nitro groups is 1. The highest BCUT2D eigenvalue weighted by Crippen LogP contribution is 2.20. The van der Waals surface area contributed by atoms with E-state index in [1.165, 1.54) is 12.3 Å². The zero-order chi connectivity index (χ0) is 12.5. The van der Waals surface area contributed by atoms with Crippen molar-refractivity contribution in [3.8, 4) is 5.82 Å². The van der Waals surface area contributed by atoms with Crippen molar-refractivity contribution in [2.75, 3.05) is 0 Å². The standard InChI is InChI=1S/C13H9N3O2/c17-16(18)11-5-6-13(14-9-11)15-8-7-10-3-1-2-4-12(10)15/h1-9H. The van der Waals surface area contributed by atoms with Crippen LogP contribution in [0.3, 0.4) is 0 Å². The van der Waals surface area contributed by atoms with Gasteiger partial charge in [-0.2, -0.15) is 0 Å². The second-order valence-corrected chi connectivity index (χ2v) is 3.88. The molecule has 0 bridgehead atoms. The predicted octanol–water partition coefficient (Wildman–Crippen LogP) is 2.93. The minimum absolute atomic E-state index is 0.00443. The van der Waals surface area contributed by atoms with Gasteiger partial charge in [0.25, 0.3) is 5.69 Å². The van der Waals surface area contributed by atoms with E-state index < -0.39 is 4.92 Å². The van der Waals surface area contributed by atoms with E-state index in [1.807, 2.05) is 41.1 Å². The lowest BCUT2D eigenvalue weighted by Gasteiger charge is -2.03. The molecule has 2 heterocycles. The summed E-state index contributed by atoms with van der Waals surface area (Å²) in [5.41, 5.74) is 1.02. The fourth-order valence-corrected chi connectivity index (χ4v) is 1.91. The van der Waals surface area contributed by atoms with Gasteiger partial charge in [0.2, 0.25) is 0 Å². The molecule has 5 heteroatoms. The Hall–Kier alpha value is -2.69. The molecule has 88 valence electrons. The molecule has 0 aliphatic carbocycles. The first kappa shape index (κ1) is 10.5. The molecule has 0 saturated carbocycles. The van der Waals surface area contributed by atoms with Crippen LogP contribution in [-0.4, -0.2) is 14.5 Å². The van der Waals surface area contributed by atoms with Gasteiger partial charge in [-0.1, -0.05) is 18.2 Å². The van der Waals surface area contributed by atoms with E-state index in [9.17, 15) is 10.1 Å². The third-order valence-corrected chi connectivity index (χ3v) is 2.79. The largest absolute Gasteiger partial charge is 0.301 e. The number of hydrogen-bond acceptors (Lipinski definition) is 3. The summed E-state index contributed by atoms with van der Waals surface area (Å²) in [5, 5.41) is 11.7. The lowest BCUT2D eigenvalue weighted by atomic mass is 10.2. The summed E-state index contributed by atoms with van der Waals surface area (Å²) in [4.78, 5) is 14.2. The molecule has 2 aromatic heterocycles. The predicted molar refractivity (Wildman–Crippen MR) is 67.7 cm³/mol. The zero-order valence-electron chi connectivity index (χ0n) is 9.35. The number of aromatic nitrogens is 2. The van der Waals surface area contributed by atoms with E-state index in [0.717, 1.165) is 10.9 Å². The molecule has 0 saturated heterocycles. The Morgan fingerprint density at radius 2 is 1.94 bits per heavy atom. The van der Waals surface area contributed by atoms with Crippen LogP contribution < -0.4 is 0 Å². The number of pyridine rings is 1. The Kier molecular flexibility index (Phi) is 2.30. The van der Waals surface area contributed by atoms with E-state index in [1.54, 1.807) is 6.07 Å². The number of fused-ring (bicyclic) bond motifs is 1. The van der Waals surface area contributed by atoms with Gasteiger partial charge < -0.3 is 4.57 Å². The van der Waals surface area contributed by atoms with Crippen LogP contribution in [0.2, 0.25) is 0 Å². The van der Waals surface area contributed by atoms with Gasteiger partial charge in [-0.15, -0.1) is 0 Å². The van der Waals surface area contributed by atoms with Crippen molar-refractivity contribution in [3.63, 3.8) is 0 Å². The minimum Gasteiger partial charge on any atom is -0.301 e. The molecule has 0 fully saturated rings. The monoisotopic (exact) mass is 239 g/mol. The smallest absolute Gasteiger partial charge is 0.287 e. The Labute approximate surface area is 102 Å². The first-order chi connectivity index (χ1) is 8.75. The van der Waals surface area contributed by atoms with Crippen LogP contribution in [0.5, 0.6) is 0 Å².